The van der Waals surface area contributed by atoms with Crippen LogP contribution >= 0.6 is 11.6 Å². The highest BCUT2D eigenvalue weighted by molar-refractivity contribution is 6.35. The van der Waals surface area contributed by atoms with E-state index in [1.165, 1.54) is 0 Å². The molecule has 0 atom stereocenters. The molecule has 4 aromatic rings. The van der Waals surface area contributed by atoms with E-state index < -0.39 is 0 Å². The topological polar surface area (TPSA) is 95.1 Å². The third-order valence-corrected chi connectivity index (χ3v) is 7.66. The number of amides is 2. The number of benzene rings is 2. The summed E-state index contributed by atoms with van der Waals surface area (Å²) >= 11 is 6.02. The van der Waals surface area contributed by atoms with Crippen molar-refractivity contribution in [1.82, 2.24) is 25.0 Å². The summed E-state index contributed by atoms with van der Waals surface area (Å²) in [7, 11) is 0. The van der Waals surface area contributed by atoms with Crippen LogP contribution in [0.15, 0.2) is 54.9 Å². The maximum absolute atomic E-state index is 13.0. The molecule has 0 fully saturated rings. The van der Waals surface area contributed by atoms with Gasteiger partial charge in [-0.1, -0.05) is 31.5 Å². The normalized spacial score (nSPS) is 13.7. The van der Waals surface area contributed by atoms with Crippen LogP contribution in [0, 0.1) is 13.8 Å². The van der Waals surface area contributed by atoms with Gasteiger partial charge in [0.1, 0.15) is 0 Å². The molecular formula is C31H33ClN6O2. The molecule has 0 aliphatic carbocycles. The highest BCUT2D eigenvalue weighted by atomic mass is 35.5. The maximum atomic E-state index is 13.0. The lowest BCUT2D eigenvalue weighted by Gasteiger charge is -2.18. The largest absolute Gasteiger partial charge is 0.358 e. The summed E-state index contributed by atoms with van der Waals surface area (Å²) < 4.78 is 1.79. The highest BCUT2D eigenvalue weighted by Gasteiger charge is 2.26. The number of hydrogen-bond acceptors (Lipinski definition) is 4. The summed E-state index contributed by atoms with van der Waals surface area (Å²) in [4.78, 5) is 31.6. The molecule has 206 valence electrons. The average molecular weight is 557 g/mol. The number of nitrogens with zero attached hydrogens (tertiary/aromatic N) is 3. The van der Waals surface area contributed by atoms with Gasteiger partial charge in [0.25, 0.3) is 11.8 Å². The molecule has 2 aromatic carbocycles. The quantitative estimate of drug-likeness (QED) is 0.230. The van der Waals surface area contributed by atoms with Gasteiger partial charge < -0.3 is 20.5 Å². The van der Waals surface area contributed by atoms with Crippen LogP contribution in [0.25, 0.3) is 28.5 Å². The highest BCUT2D eigenvalue weighted by Crippen LogP contribution is 2.37. The van der Waals surface area contributed by atoms with Crippen molar-refractivity contribution in [3.8, 4) is 16.8 Å². The number of halogens is 1. The molecule has 9 heteroatoms. The van der Waals surface area contributed by atoms with Gasteiger partial charge in [0.05, 0.1) is 23.0 Å². The lowest BCUT2D eigenvalue weighted by atomic mass is 10.00. The van der Waals surface area contributed by atoms with Crippen molar-refractivity contribution in [2.45, 2.75) is 27.7 Å². The molecule has 2 aromatic heterocycles. The van der Waals surface area contributed by atoms with Crippen LogP contribution < -0.4 is 10.6 Å². The predicted octanol–water partition coefficient (Wildman–Crippen LogP) is 5.70. The molecule has 0 saturated carbocycles. The van der Waals surface area contributed by atoms with Crippen molar-refractivity contribution in [3.05, 3.63) is 88.0 Å². The fourth-order valence-electron chi connectivity index (χ4n) is 5.08. The summed E-state index contributed by atoms with van der Waals surface area (Å²) in [6, 6.07) is 13.3. The minimum atomic E-state index is -0.180. The summed E-state index contributed by atoms with van der Waals surface area (Å²) in [5.41, 5.74) is 7.80. The molecule has 8 nitrogen and oxygen atoms in total. The van der Waals surface area contributed by atoms with Crippen LogP contribution in [0.2, 0.25) is 5.02 Å². The Bertz CT molecular complexity index is 1590. The second-order valence-electron chi connectivity index (χ2n) is 9.87. The number of carbonyl (C=O) groups is 2. The second kappa shape index (κ2) is 11.5. The van der Waals surface area contributed by atoms with E-state index in [0.29, 0.717) is 22.7 Å². The molecular weight excluding hydrogens is 524 g/mol. The molecule has 5 rings (SSSR count). The number of aromatic amines is 1. The number of rotatable bonds is 9. The van der Waals surface area contributed by atoms with Crippen molar-refractivity contribution in [2.75, 3.05) is 31.5 Å². The average Bonchev–Trinajstić information content (AvgIpc) is 3.63. The first-order chi connectivity index (χ1) is 19.3. The lowest BCUT2D eigenvalue weighted by molar-refractivity contribution is -0.110. The first-order valence-corrected chi connectivity index (χ1v) is 13.8. The van der Waals surface area contributed by atoms with Crippen molar-refractivity contribution >= 4 is 40.8 Å². The van der Waals surface area contributed by atoms with Gasteiger partial charge in [-0.3, -0.25) is 9.59 Å². The number of nitrogens with one attached hydrogen (secondary N) is 3. The Morgan fingerprint density at radius 3 is 2.58 bits per heavy atom. The summed E-state index contributed by atoms with van der Waals surface area (Å²) in [6.07, 6.45) is 5.58. The second-order valence-corrected chi connectivity index (χ2v) is 10.3. The van der Waals surface area contributed by atoms with E-state index >= 15 is 0 Å². The zero-order valence-corrected chi connectivity index (χ0v) is 23.9. The molecule has 3 N–H and O–H groups in total. The Labute approximate surface area is 239 Å². The van der Waals surface area contributed by atoms with Gasteiger partial charge in [-0.15, -0.1) is 0 Å². The standard InChI is InChI=1S/C31H33ClN6O2/c1-5-37(6-2)14-13-33-31(40)29-19(3)28(35-20(29)4)16-26-25-15-21(7-12-27(25)36-30(26)39)22-17-34-38(18-22)24-10-8-23(32)9-11-24/h7-12,15-18,35H,5-6,13-14H2,1-4H3,(H,33,40)(H,36,39). The molecule has 1 aliphatic rings. The Morgan fingerprint density at radius 2 is 1.85 bits per heavy atom. The lowest BCUT2D eigenvalue weighted by Crippen LogP contribution is -2.35. The van der Waals surface area contributed by atoms with Crippen LogP contribution in [0.1, 0.15) is 46.7 Å². The van der Waals surface area contributed by atoms with Gasteiger partial charge in [-0.2, -0.15) is 5.10 Å². The molecule has 1 aliphatic heterocycles. The van der Waals surface area contributed by atoms with E-state index in [-0.39, 0.29) is 11.8 Å². The van der Waals surface area contributed by atoms with E-state index in [2.05, 4.69) is 39.5 Å². The minimum absolute atomic E-state index is 0.112. The fraction of sp³-hybridized carbons (Fsp3) is 0.258. The van der Waals surface area contributed by atoms with Crippen LogP contribution in [-0.4, -0.2) is 57.7 Å². The van der Waals surface area contributed by atoms with E-state index in [0.717, 1.165) is 64.7 Å². The smallest absolute Gasteiger partial charge is 0.256 e. The van der Waals surface area contributed by atoms with Crippen molar-refractivity contribution in [3.63, 3.8) is 0 Å². The summed E-state index contributed by atoms with van der Waals surface area (Å²) in [5, 5.41) is 11.2. The van der Waals surface area contributed by atoms with Gasteiger partial charge in [0.15, 0.2) is 0 Å². The van der Waals surface area contributed by atoms with Crippen molar-refractivity contribution in [1.29, 1.82) is 0 Å². The number of H-pyrrole nitrogens is 1. The molecule has 0 bridgehead atoms. The van der Waals surface area contributed by atoms with E-state index in [4.69, 9.17) is 11.6 Å². The van der Waals surface area contributed by atoms with Crippen molar-refractivity contribution < 1.29 is 9.59 Å². The first-order valence-electron chi connectivity index (χ1n) is 13.5. The molecule has 3 heterocycles. The number of likely N-dealkylation sites (N-methyl/N-ethyl adjacent to an activating group) is 1. The van der Waals surface area contributed by atoms with Crippen LogP contribution in [0.5, 0.6) is 0 Å². The number of anilines is 1. The molecule has 0 radical (unpaired) electrons. The van der Waals surface area contributed by atoms with Crippen molar-refractivity contribution in [2.24, 2.45) is 0 Å². The first kappa shape index (κ1) is 27.4. The number of aromatic nitrogens is 3. The molecule has 2 amide bonds. The maximum Gasteiger partial charge on any atom is 0.256 e. The molecule has 0 spiro atoms. The minimum Gasteiger partial charge on any atom is -0.358 e. The summed E-state index contributed by atoms with van der Waals surface area (Å²) in [6.45, 7) is 11.3. The van der Waals surface area contributed by atoms with E-state index in [1.54, 1.807) is 10.9 Å². The van der Waals surface area contributed by atoms with Crippen LogP contribution in [-0.2, 0) is 4.79 Å². The third-order valence-electron chi connectivity index (χ3n) is 7.41. The SMILES string of the molecule is CCN(CC)CCNC(=O)c1c(C)[nH]c(C=C2C(=O)Nc3ccc(-c4cnn(-c5ccc(Cl)cc5)c4)cc32)c1C. The van der Waals surface area contributed by atoms with Gasteiger partial charge in [-0.25, -0.2) is 4.68 Å². The summed E-state index contributed by atoms with van der Waals surface area (Å²) in [5.74, 6) is -0.291. The zero-order valence-electron chi connectivity index (χ0n) is 23.1. The number of fused-ring (bicyclic) bond motifs is 1. The fourth-order valence-corrected chi connectivity index (χ4v) is 5.20. The Morgan fingerprint density at radius 1 is 1.10 bits per heavy atom. The van der Waals surface area contributed by atoms with Gasteiger partial charge >= 0.3 is 0 Å². The van der Waals surface area contributed by atoms with Gasteiger partial charge in [0, 0.05) is 52.5 Å². The third kappa shape index (κ3) is 5.46. The van der Waals surface area contributed by atoms with Crippen LogP contribution in [0.3, 0.4) is 0 Å². The molecule has 0 saturated heterocycles. The zero-order chi connectivity index (χ0) is 28.4. The van der Waals surface area contributed by atoms with E-state index in [9.17, 15) is 9.59 Å². The molecule has 40 heavy (non-hydrogen) atoms. The van der Waals surface area contributed by atoms with Gasteiger partial charge in [-0.05, 0) is 80.5 Å². The predicted molar refractivity (Wildman–Crippen MR) is 161 cm³/mol. The Hall–Kier alpha value is -4.14. The number of aryl methyl sites for hydroxylation is 1. The van der Waals surface area contributed by atoms with Crippen LogP contribution in [0.4, 0.5) is 5.69 Å². The van der Waals surface area contributed by atoms with E-state index in [1.807, 2.05) is 68.6 Å². The Kier molecular flexibility index (Phi) is 7.91. The number of carbonyl (C=O) groups excluding carboxylic acids is 2. The Balaban J connectivity index is 1.40. The number of hydrogen-bond donors (Lipinski definition) is 3. The monoisotopic (exact) mass is 556 g/mol. The van der Waals surface area contributed by atoms with Gasteiger partial charge in [0.2, 0.25) is 0 Å². The molecule has 0 unspecified atom stereocenters.